The highest BCUT2D eigenvalue weighted by Crippen LogP contribution is 2.31. The first-order chi connectivity index (χ1) is 15.2. The van der Waals surface area contributed by atoms with E-state index in [-0.39, 0.29) is 6.10 Å². The van der Waals surface area contributed by atoms with Gasteiger partial charge in [-0.25, -0.2) is 19.5 Å². The van der Waals surface area contributed by atoms with Crippen LogP contribution in [0, 0.1) is 0 Å². The molecular weight excluding hydrogens is 396 g/mol. The molecule has 0 saturated heterocycles. The summed E-state index contributed by atoms with van der Waals surface area (Å²) in [5, 5.41) is 8.88. The number of ether oxygens (including phenoxy) is 3. The quantitative estimate of drug-likeness (QED) is 0.435. The fourth-order valence-electron chi connectivity index (χ4n) is 3.87. The molecule has 9 nitrogen and oxygen atoms in total. The number of anilines is 1. The van der Waals surface area contributed by atoms with Gasteiger partial charge in [0.25, 0.3) is 0 Å². The van der Waals surface area contributed by atoms with Gasteiger partial charge in [-0.15, -0.1) is 5.10 Å². The molecule has 1 fully saturated rings. The van der Waals surface area contributed by atoms with Gasteiger partial charge < -0.3 is 19.5 Å². The Labute approximate surface area is 179 Å². The highest BCUT2D eigenvalue weighted by atomic mass is 16.5. The van der Waals surface area contributed by atoms with E-state index in [1.165, 1.54) is 6.33 Å². The second kappa shape index (κ2) is 8.44. The third kappa shape index (κ3) is 3.89. The zero-order valence-electron chi connectivity index (χ0n) is 17.5. The minimum atomic E-state index is 0.281. The Hall–Kier alpha value is -3.30. The highest BCUT2D eigenvalue weighted by Gasteiger charge is 2.30. The van der Waals surface area contributed by atoms with Crippen LogP contribution in [0.4, 0.5) is 5.95 Å². The monoisotopic (exact) mass is 420 g/mol. The zero-order valence-corrected chi connectivity index (χ0v) is 17.5. The van der Waals surface area contributed by atoms with Crippen molar-refractivity contribution < 1.29 is 14.2 Å². The molecule has 1 aliphatic carbocycles. The minimum Gasteiger partial charge on any atom is -0.480 e. The maximum atomic E-state index is 5.73. The largest absolute Gasteiger partial charge is 0.480 e. The summed E-state index contributed by atoms with van der Waals surface area (Å²) in [6.45, 7) is 1.26. The summed E-state index contributed by atoms with van der Waals surface area (Å²) in [6, 6.07) is 8.40. The van der Waals surface area contributed by atoms with E-state index < -0.39 is 0 Å². The Morgan fingerprint density at radius 1 is 1.10 bits per heavy atom. The van der Waals surface area contributed by atoms with Crippen molar-refractivity contribution in [3.05, 3.63) is 43.0 Å². The molecule has 0 atom stereocenters. The Balaban J connectivity index is 1.33. The minimum absolute atomic E-state index is 0.281. The van der Waals surface area contributed by atoms with Crippen LogP contribution in [0.5, 0.6) is 5.88 Å². The van der Waals surface area contributed by atoms with Crippen LogP contribution in [0.15, 0.2) is 43.0 Å². The molecule has 5 rings (SSSR count). The van der Waals surface area contributed by atoms with Gasteiger partial charge in [-0.2, -0.15) is 0 Å². The van der Waals surface area contributed by atoms with Gasteiger partial charge in [0, 0.05) is 24.9 Å². The van der Waals surface area contributed by atoms with Crippen LogP contribution in [0.3, 0.4) is 0 Å². The predicted molar refractivity (Wildman–Crippen MR) is 116 cm³/mol. The van der Waals surface area contributed by atoms with E-state index in [2.05, 4.69) is 25.4 Å². The van der Waals surface area contributed by atoms with Crippen LogP contribution in [0.2, 0.25) is 0 Å². The van der Waals surface area contributed by atoms with Crippen molar-refractivity contribution in [2.45, 2.75) is 25.0 Å². The predicted octanol–water partition coefficient (Wildman–Crippen LogP) is 2.95. The number of rotatable bonds is 8. The number of methoxy groups -OCH3 is 2. The molecule has 0 aliphatic heterocycles. The van der Waals surface area contributed by atoms with Crippen molar-refractivity contribution in [2.75, 3.05) is 32.8 Å². The summed E-state index contributed by atoms with van der Waals surface area (Å²) in [4.78, 5) is 13.0. The number of nitrogens with one attached hydrogen (secondary N) is 1. The van der Waals surface area contributed by atoms with Gasteiger partial charge in [0.2, 0.25) is 11.8 Å². The van der Waals surface area contributed by atoms with Gasteiger partial charge in [-0.3, -0.25) is 0 Å². The van der Waals surface area contributed by atoms with E-state index in [0.29, 0.717) is 31.1 Å². The van der Waals surface area contributed by atoms with Crippen molar-refractivity contribution in [3.63, 3.8) is 0 Å². The third-order valence-corrected chi connectivity index (χ3v) is 5.59. The Morgan fingerprint density at radius 3 is 2.84 bits per heavy atom. The van der Waals surface area contributed by atoms with Gasteiger partial charge in [-0.05, 0) is 36.6 Å². The molecule has 0 radical (unpaired) electrons. The average molecular weight is 420 g/mol. The lowest BCUT2D eigenvalue weighted by Crippen LogP contribution is -2.41. The summed E-state index contributed by atoms with van der Waals surface area (Å²) < 4.78 is 18.0. The van der Waals surface area contributed by atoms with Gasteiger partial charge >= 0.3 is 0 Å². The molecule has 0 bridgehead atoms. The first-order valence-corrected chi connectivity index (χ1v) is 10.3. The molecule has 4 aromatic rings. The smallest absolute Gasteiger partial charge is 0.241 e. The van der Waals surface area contributed by atoms with E-state index in [0.717, 1.165) is 40.4 Å². The van der Waals surface area contributed by atoms with Crippen LogP contribution < -0.4 is 10.1 Å². The topological polar surface area (TPSA) is 95.7 Å². The van der Waals surface area contributed by atoms with Crippen LogP contribution in [0.25, 0.3) is 27.5 Å². The molecule has 1 aliphatic rings. The van der Waals surface area contributed by atoms with Crippen LogP contribution in [-0.4, -0.2) is 64.1 Å². The van der Waals surface area contributed by atoms with E-state index >= 15 is 0 Å². The normalized spacial score (nSPS) is 18.3. The molecule has 0 unspecified atom stereocenters. The molecule has 1 saturated carbocycles. The molecule has 0 amide bonds. The van der Waals surface area contributed by atoms with E-state index in [9.17, 15) is 0 Å². The van der Waals surface area contributed by atoms with Crippen molar-refractivity contribution in [1.29, 1.82) is 0 Å². The van der Waals surface area contributed by atoms with Crippen LogP contribution in [-0.2, 0) is 9.47 Å². The Bertz CT molecular complexity index is 1200. The zero-order chi connectivity index (χ0) is 21.2. The van der Waals surface area contributed by atoms with Crippen molar-refractivity contribution in [1.82, 2.24) is 24.6 Å². The fraction of sp³-hybridized carbons (Fsp3) is 0.364. The maximum absolute atomic E-state index is 5.73. The van der Waals surface area contributed by atoms with Crippen LogP contribution in [0.1, 0.15) is 12.8 Å². The van der Waals surface area contributed by atoms with Crippen molar-refractivity contribution in [3.8, 4) is 17.0 Å². The molecule has 3 aromatic heterocycles. The highest BCUT2D eigenvalue weighted by molar-refractivity contribution is 5.91. The number of fused-ring (bicyclic) bond motifs is 2. The number of benzene rings is 1. The first-order valence-electron chi connectivity index (χ1n) is 10.3. The van der Waals surface area contributed by atoms with Gasteiger partial charge in [0.1, 0.15) is 6.33 Å². The third-order valence-electron chi connectivity index (χ3n) is 5.59. The molecule has 9 heteroatoms. The van der Waals surface area contributed by atoms with Gasteiger partial charge in [0.15, 0.2) is 0 Å². The lowest BCUT2D eigenvalue weighted by Gasteiger charge is -2.35. The maximum Gasteiger partial charge on any atom is 0.241 e. The second-order valence-corrected chi connectivity index (χ2v) is 7.55. The number of nitrogens with zero attached hydrogens (tertiary/aromatic N) is 5. The summed E-state index contributed by atoms with van der Waals surface area (Å²) in [5.41, 5.74) is 3.83. The molecule has 0 spiro atoms. The SMILES string of the molecule is COCCO[C@H]1C[C@@H](Nc2ncc3c(-c4ccc5ncnc(OC)c5c4)ccn3n2)C1. The summed E-state index contributed by atoms with van der Waals surface area (Å²) >= 11 is 0. The van der Waals surface area contributed by atoms with Gasteiger partial charge in [0.05, 0.1) is 49.0 Å². The molecular formula is C22H24N6O3. The molecule has 1 N–H and O–H groups in total. The fourth-order valence-corrected chi connectivity index (χ4v) is 3.87. The van der Waals surface area contributed by atoms with E-state index in [4.69, 9.17) is 14.2 Å². The Kier molecular flexibility index (Phi) is 5.35. The lowest BCUT2D eigenvalue weighted by atomic mass is 9.89. The molecule has 1 aromatic carbocycles. The summed E-state index contributed by atoms with van der Waals surface area (Å²) in [6.07, 6.45) is 7.47. The lowest BCUT2D eigenvalue weighted by molar-refractivity contribution is -0.0261. The number of aromatic nitrogens is 5. The first kappa shape index (κ1) is 19.7. The van der Waals surface area contributed by atoms with Gasteiger partial charge in [-0.1, -0.05) is 6.07 Å². The molecule has 160 valence electrons. The second-order valence-electron chi connectivity index (χ2n) is 7.55. The summed E-state index contributed by atoms with van der Waals surface area (Å²) in [7, 11) is 3.29. The van der Waals surface area contributed by atoms with Crippen LogP contribution >= 0.6 is 0 Å². The number of hydrogen-bond donors (Lipinski definition) is 1. The van der Waals surface area contributed by atoms with E-state index in [1.807, 2.05) is 41.2 Å². The van der Waals surface area contributed by atoms with Crippen molar-refractivity contribution in [2.24, 2.45) is 0 Å². The number of hydrogen-bond acceptors (Lipinski definition) is 8. The molecule has 3 heterocycles. The summed E-state index contributed by atoms with van der Waals surface area (Å²) in [5.74, 6) is 1.17. The standard InChI is InChI=1S/C22H24N6O3/c1-29-7-8-31-16-10-15(11-16)26-22-23-12-20-17(5-6-28(20)27-22)14-3-4-19-18(9-14)21(30-2)25-13-24-19/h3-6,9,12-13,15-16H,7-8,10-11H2,1-2H3,(H,26,27)/t15-,16+. The Morgan fingerprint density at radius 2 is 2.00 bits per heavy atom. The average Bonchev–Trinajstić information content (AvgIpc) is 3.20. The van der Waals surface area contributed by atoms with Crippen molar-refractivity contribution >= 4 is 22.4 Å². The molecule has 31 heavy (non-hydrogen) atoms. The van der Waals surface area contributed by atoms with E-state index in [1.54, 1.807) is 14.2 Å².